The Morgan fingerprint density at radius 2 is 2.10 bits per heavy atom. The topological polar surface area (TPSA) is 42.0 Å². The molecule has 0 saturated heterocycles. The fourth-order valence-electron chi connectivity index (χ4n) is 1.68. The van der Waals surface area contributed by atoms with Gasteiger partial charge in [0.2, 0.25) is 0 Å². The number of hydrogen-bond acceptors (Lipinski definition) is 4. The Kier molecular flexibility index (Phi) is 3.95. The van der Waals surface area contributed by atoms with E-state index in [0.29, 0.717) is 10.0 Å². The Labute approximate surface area is 132 Å². The number of rotatable bonds is 3. The van der Waals surface area contributed by atoms with Gasteiger partial charge in [0.1, 0.15) is 0 Å². The first-order valence-corrected chi connectivity index (χ1v) is 8.34. The van der Waals surface area contributed by atoms with Gasteiger partial charge >= 0.3 is 0 Å². The Balaban J connectivity index is 1.79. The van der Waals surface area contributed by atoms with E-state index in [-0.39, 0.29) is 5.91 Å². The average molecular weight is 365 g/mol. The molecule has 0 radical (unpaired) electrons. The van der Waals surface area contributed by atoms with Gasteiger partial charge in [-0.25, -0.2) is 4.98 Å². The zero-order valence-electron chi connectivity index (χ0n) is 10.2. The van der Waals surface area contributed by atoms with Crippen LogP contribution in [-0.2, 0) is 0 Å². The molecule has 6 heteroatoms. The molecule has 1 aromatic carbocycles. The standard InChI is InChI=1S/C14H9BrN2OS2/c15-10-4-1-3-9(7-10)11-8-20-14(16-11)17-13(18)12-5-2-6-19-12/h1-8H,(H,16,17,18). The fraction of sp³-hybridized carbons (Fsp3) is 0. The minimum Gasteiger partial charge on any atom is -0.297 e. The quantitative estimate of drug-likeness (QED) is 0.718. The van der Waals surface area contributed by atoms with E-state index in [1.165, 1.54) is 22.7 Å². The molecule has 1 amide bonds. The van der Waals surface area contributed by atoms with E-state index in [4.69, 9.17) is 0 Å². The van der Waals surface area contributed by atoms with Gasteiger partial charge < -0.3 is 0 Å². The maximum absolute atomic E-state index is 11.9. The van der Waals surface area contributed by atoms with Crippen LogP contribution in [0.3, 0.4) is 0 Å². The third-order valence-corrected chi connectivity index (χ3v) is 4.71. The monoisotopic (exact) mass is 364 g/mol. The summed E-state index contributed by atoms with van der Waals surface area (Å²) >= 11 is 6.28. The highest BCUT2D eigenvalue weighted by Gasteiger charge is 2.10. The summed E-state index contributed by atoms with van der Waals surface area (Å²) in [5.41, 5.74) is 1.88. The summed E-state index contributed by atoms with van der Waals surface area (Å²) in [7, 11) is 0. The van der Waals surface area contributed by atoms with Crippen LogP contribution >= 0.6 is 38.6 Å². The van der Waals surface area contributed by atoms with E-state index in [2.05, 4.69) is 26.2 Å². The number of thiazole rings is 1. The lowest BCUT2D eigenvalue weighted by atomic mass is 10.2. The Bertz CT molecular complexity index is 737. The Morgan fingerprint density at radius 1 is 1.20 bits per heavy atom. The van der Waals surface area contributed by atoms with Gasteiger partial charge in [-0.1, -0.05) is 34.1 Å². The van der Waals surface area contributed by atoms with Crippen LogP contribution in [0.1, 0.15) is 9.67 Å². The zero-order valence-corrected chi connectivity index (χ0v) is 13.4. The first kappa shape index (κ1) is 13.5. The van der Waals surface area contributed by atoms with E-state index in [1.54, 1.807) is 6.07 Å². The number of nitrogens with zero attached hydrogens (tertiary/aromatic N) is 1. The van der Waals surface area contributed by atoms with Crippen LogP contribution in [0, 0.1) is 0 Å². The lowest BCUT2D eigenvalue weighted by Crippen LogP contribution is -2.09. The van der Waals surface area contributed by atoms with Crippen LogP contribution in [0.4, 0.5) is 5.13 Å². The summed E-state index contributed by atoms with van der Waals surface area (Å²) in [5, 5.41) is 7.24. The highest BCUT2D eigenvalue weighted by Crippen LogP contribution is 2.27. The molecule has 0 saturated carbocycles. The van der Waals surface area contributed by atoms with E-state index in [9.17, 15) is 4.79 Å². The minimum atomic E-state index is -0.116. The molecule has 0 atom stereocenters. The second kappa shape index (κ2) is 5.87. The molecule has 100 valence electrons. The fourth-order valence-corrected chi connectivity index (χ4v) is 3.41. The van der Waals surface area contributed by atoms with Crippen molar-refractivity contribution in [3.63, 3.8) is 0 Å². The molecule has 0 aliphatic heterocycles. The van der Waals surface area contributed by atoms with Gasteiger partial charge in [0, 0.05) is 15.4 Å². The highest BCUT2D eigenvalue weighted by atomic mass is 79.9. The zero-order chi connectivity index (χ0) is 13.9. The number of hydrogen-bond donors (Lipinski definition) is 1. The van der Waals surface area contributed by atoms with E-state index in [1.807, 2.05) is 41.1 Å². The molecule has 3 aromatic rings. The van der Waals surface area contributed by atoms with Crippen molar-refractivity contribution in [2.24, 2.45) is 0 Å². The second-order valence-corrected chi connectivity index (χ2v) is 6.70. The first-order chi connectivity index (χ1) is 9.72. The normalized spacial score (nSPS) is 10.4. The molecule has 3 rings (SSSR count). The Morgan fingerprint density at radius 3 is 2.85 bits per heavy atom. The van der Waals surface area contributed by atoms with Crippen LogP contribution in [0.2, 0.25) is 0 Å². The predicted octanol–water partition coefficient (Wildman–Crippen LogP) is 4.89. The number of benzene rings is 1. The van der Waals surface area contributed by atoms with Crippen molar-refractivity contribution in [3.8, 4) is 11.3 Å². The largest absolute Gasteiger partial charge is 0.297 e. The van der Waals surface area contributed by atoms with Crippen LogP contribution in [-0.4, -0.2) is 10.9 Å². The summed E-state index contributed by atoms with van der Waals surface area (Å²) < 4.78 is 1.01. The molecule has 0 aliphatic rings. The van der Waals surface area contributed by atoms with Gasteiger partial charge in [0.05, 0.1) is 10.6 Å². The summed E-state index contributed by atoms with van der Waals surface area (Å²) in [6.45, 7) is 0. The third-order valence-electron chi connectivity index (χ3n) is 2.59. The van der Waals surface area contributed by atoms with E-state index in [0.717, 1.165) is 15.7 Å². The van der Waals surface area contributed by atoms with Crippen molar-refractivity contribution in [1.82, 2.24) is 4.98 Å². The van der Waals surface area contributed by atoms with Crippen molar-refractivity contribution in [1.29, 1.82) is 0 Å². The summed E-state index contributed by atoms with van der Waals surface area (Å²) in [6, 6.07) is 11.6. The third kappa shape index (κ3) is 2.98. The molecule has 1 N–H and O–H groups in total. The van der Waals surface area contributed by atoms with E-state index < -0.39 is 0 Å². The smallest absolute Gasteiger partial charge is 0.267 e. The lowest BCUT2D eigenvalue weighted by Gasteiger charge is -1.99. The number of carbonyl (C=O) groups excluding carboxylic acids is 1. The van der Waals surface area contributed by atoms with Gasteiger partial charge in [-0.2, -0.15) is 0 Å². The highest BCUT2D eigenvalue weighted by molar-refractivity contribution is 9.10. The molecule has 0 fully saturated rings. The van der Waals surface area contributed by atoms with Crippen LogP contribution in [0.5, 0.6) is 0 Å². The SMILES string of the molecule is O=C(Nc1nc(-c2cccc(Br)c2)cs1)c1cccs1. The minimum absolute atomic E-state index is 0.116. The van der Waals surface area contributed by atoms with Crippen molar-refractivity contribution in [3.05, 3.63) is 56.5 Å². The molecule has 0 unspecified atom stereocenters. The van der Waals surface area contributed by atoms with Crippen molar-refractivity contribution >= 4 is 49.6 Å². The number of carbonyl (C=O) groups is 1. The van der Waals surface area contributed by atoms with Crippen molar-refractivity contribution in [2.45, 2.75) is 0 Å². The van der Waals surface area contributed by atoms with Gasteiger partial charge in [-0.05, 0) is 23.6 Å². The number of halogens is 1. The van der Waals surface area contributed by atoms with Crippen LogP contribution in [0.15, 0.2) is 51.6 Å². The molecule has 20 heavy (non-hydrogen) atoms. The molecule has 2 aromatic heterocycles. The first-order valence-electron chi connectivity index (χ1n) is 5.79. The molecule has 3 nitrogen and oxygen atoms in total. The van der Waals surface area contributed by atoms with Crippen LogP contribution in [0.25, 0.3) is 11.3 Å². The summed E-state index contributed by atoms with van der Waals surface area (Å²) in [6.07, 6.45) is 0. The lowest BCUT2D eigenvalue weighted by molar-refractivity contribution is 0.103. The molecule has 0 aliphatic carbocycles. The number of aromatic nitrogens is 1. The Hall–Kier alpha value is -1.50. The number of thiophene rings is 1. The number of anilines is 1. The maximum Gasteiger partial charge on any atom is 0.267 e. The summed E-state index contributed by atoms with van der Waals surface area (Å²) in [5.74, 6) is -0.116. The number of nitrogens with one attached hydrogen (secondary N) is 1. The molecule has 0 bridgehead atoms. The second-order valence-electron chi connectivity index (χ2n) is 3.98. The van der Waals surface area contributed by atoms with Gasteiger partial charge in [-0.15, -0.1) is 22.7 Å². The summed E-state index contributed by atoms with van der Waals surface area (Å²) in [4.78, 5) is 17.1. The van der Waals surface area contributed by atoms with Gasteiger partial charge in [0.25, 0.3) is 5.91 Å². The molecular formula is C14H9BrN2OS2. The number of amides is 1. The van der Waals surface area contributed by atoms with Crippen LogP contribution < -0.4 is 5.32 Å². The molecular weight excluding hydrogens is 356 g/mol. The van der Waals surface area contributed by atoms with Gasteiger partial charge in [0.15, 0.2) is 5.13 Å². The predicted molar refractivity (Wildman–Crippen MR) is 87.5 cm³/mol. The maximum atomic E-state index is 11.9. The van der Waals surface area contributed by atoms with Crippen molar-refractivity contribution < 1.29 is 4.79 Å². The molecule has 2 heterocycles. The molecule has 0 spiro atoms. The van der Waals surface area contributed by atoms with E-state index >= 15 is 0 Å². The average Bonchev–Trinajstić information content (AvgIpc) is 3.10. The van der Waals surface area contributed by atoms with Gasteiger partial charge in [-0.3, -0.25) is 10.1 Å². The van der Waals surface area contributed by atoms with Crippen molar-refractivity contribution in [2.75, 3.05) is 5.32 Å².